The van der Waals surface area contributed by atoms with Gasteiger partial charge in [-0.15, -0.1) is 35.3 Å². The standard InChI is InChI=1S/C22H24O4S3/c1-5-24-21(23)13-17-9-8-16(26-17)7-6-15-12-18-19(14-20(15)27-2)25-11-10-22(18,28-3)29-4/h8-9,12,14H,5,10-11,13H2,1-4H3. The van der Waals surface area contributed by atoms with Gasteiger partial charge in [-0.3, -0.25) is 4.79 Å². The van der Waals surface area contributed by atoms with Crippen LogP contribution in [0, 0.1) is 11.8 Å². The summed E-state index contributed by atoms with van der Waals surface area (Å²) in [4.78, 5) is 12.7. The molecule has 0 bridgehead atoms. The molecule has 1 aromatic carbocycles. The molecule has 2 heterocycles. The molecule has 0 atom stereocenters. The highest BCUT2D eigenvalue weighted by atomic mass is 32.2. The monoisotopic (exact) mass is 448 g/mol. The molecule has 0 aliphatic carbocycles. The van der Waals surface area contributed by atoms with Crippen LogP contribution in [0.25, 0.3) is 0 Å². The molecule has 0 amide bonds. The Bertz CT molecular complexity index is 935. The van der Waals surface area contributed by atoms with E-state index in [9.17, 15) is 4.79 Å². The molecule has 7 heteroatoms. The van der Waals surface area contributed by atoms with Gasteiger partial charge in [-0.25, -0.2) is 0 Å². The molecule has 2 aromatic rings. The van der Waals surface area contributed by atoms with E-state index in [2.05, 4.69) is 36.5 Å². The lowest BCUT2D eigenvalue weighted by atomic mass is 10.0. The number of ether oxygens (including phenoxy) is 2. The van der Waals surface area contributed by atoms with Crippen LogP contribution in [-0.2, 0) is 20.0 Å². The summed E-state index contributed by atoms with van der Waals surface area (Å²) in [5, 5.41) is 0. The van der Waals surface area contributed by atoms with E-state index < -0.39 is 0 Å². The lowest BCUT2D eigenvalue weighted by Gasteiger charge is -2.36. The number of benzene rings is 1. The minimum Gasteiger partial charge on any atom is -0.493 e. The van der Waals surface area contributed by atoms with Crippen LogP contribution < -0.4 is 4.74 Å². The number of furan rings is 1. The summed E-state index contributed by atoms with van der Waals surface area (Å²) in [6.45, 7) is 2.87. The molecular formula is C22H24O4S3. The maximum Gasteiger partial charge on any atom is 0.313 e. The molecule has 0 saturated carbocycles. The van der Waals surface area contributed by atoms with E-state index in [1.807, 2.05) is 29.8 Å². The number of rotatable bonds is 6. The van der Waals surface area contributed by atoms with Gasteiger partial charge in [0.25, 0.3) is 0 Å². The zero-order valence-corrected chi connectivity index (χ0v) is 19.4. The smallest absolute Gasteiger partial charge is 0.313 e. The van der Waals surface area contributed by atoms with Gasteiger partial charge in [0.05, 0.1) is 17.3 Å². The maximum atomic E-state index is 11.6. The van der Waals surface area contributed by atoms with Crippen molar-refractivity contribution in [3.63, 3.8) is 0 Å². The second-order valence-electron chi connectivity index (χ2n) is 6.31. The van der Waals surface area contributed by atoms with Crippen molar-refractivity contribution in [3.8, 4) is 17.6 Å². The quantitative estimate of drug-likeness (QED) is 0.262. The van der Waals surface area contributed by atoms with E-state index in [0.29, 0.717) is 18.1 Å². The van der Waals surface area contributed by atoms with Gasteiger partial charge in [-0.1, -0.05) is 5.92 Å². The molecule has 0 spiro atoms. The SMILES string of the molecule is CCOC(=O)Cc1ccc(C#Cc2cc3c(cc2SC)OCCC3(SC)SC)o1. The number of esters is 1. The number of hydrogen-bond acceptors (Lipinski definition) is 7. The Morgan fingerprint density at radius 3 is 2.69 bits per heavy atom. The topological polar surface area (TPSA) is 48.7 Å². The van der Waals surface area contributed by atoms with Crippen LogP contribution in [0.5, 0.6) is 5.75 Å². The van der Waals surface area contributed by atoms with E-state index in [0.717, 1.165) is 29.2 Å². The van der Waals surface area contributed by atoms with Gasteiger partial charge in [0, 0.05) is 22.4 Å². The molecule has 1 aliphatic rings. The number of fused-ring (bicyclic) bond motifs is 1. The largest absolute Gasteiger partial charge is 0.493 e. The van der Waals surface area contributed by atoms with E-state index in [-0.39, 0.29) is 16.5 Å². The van der Waals surface area contributed by atoms with Crippen molar-refractivity contribution in [2.24, 2.45) is 0 Å². The van der Waals surface area contributed by atoms with Crippen LogP contribution in [0.4, 0.5) is 0 Å². The van der Waals surface area contributed by atoms with Crippen molar-refractivity contribution in [3.05, 3.63) is 46.9 Å². The number of thioether (sulfide) groups is 3. The van der Waals surface area contributed by atoms with Crippen molar-refractivity contribution in [1.29, 1.82) is 0 Å². The zero-order chi connectivity index (χ0) is 20.9. The van der Waals surface area contributed by atoms with Crippen LogP contribution in [0.3, 0.4) is 0 Å². The normalized spacial score (nSPS) is 14.3. The Kier molecular flexibility index (Phi) is 7.55. The van der Waals surface area contributed by atoms with Gasteiger partial charge in [-0.2, -0.15) is 0 Å². The molecule has 0 N–H and O–H groups in total. The molecule has 0 radical (unpaired) electrons. The Balaban J connectivity index is 1.91. The second-order valence-corrected chi connectivity index (χ2v) is 9.62. The summed E-state index contributed by atoms with van der Waals surface area (Å²) in [5.41, 5.74) is 2.14. The lowest BCUT2D eigenvalue weighted by Crippen LogP contribution is -2.26. The highest BCUT2D eigenvalue weighted by Crippen LogP contribution is 2.53. The Hall–Kier alpha value is -1.62. The number of hydrogen-bond donors (Lipinski definition) is 0. The molecule has 0 fully saturated rings. The summed E-state index contributed by atoms with van der Waals surface area (Å²) in [6, 6.07) is 7.81. The zero-order valence-electron chi connectivity index (χ0n) is 17.0. The van der Waals surface area contributed by atoms with Gasteiger partial charge in [0.15, 0.2) is 5.76 Å². The second kappa shape index (κ2) is 9.92. The average Bonchev–Trinajstić information content (AvgIpc) is 3.18. The van der Waals surface area contributed by atoms with Gasteiger partial charge in [0.2, 0.25) is 0 Å². The van der Waals surface area contributed by atoms with Crippen LogP contribution in [0.1, 0.15) is 36.0 Å². The third-order valence-electron chi connectivity index (χ3n) is 4.67. The van der Waals surface area contributed by atoms with Gasteiger partial charge in [0.1, 0.15) is 17.9 Å². The molecule has 29 heavy (non-hydrogen) atoms. The first-order valence-electron chi connectivity index (χ1n) is 9.27. The summed E-state index contributed by atoms with van der Waals surface area (Å²) in [5.74, 6) is 8.09. The lowest BCUT2D eigenvalue weighted by molar-refractivity contribution is -0.142. The van der Waals surface area contributed by atoms with Crippen molar-refractivity contribution in [1.82, 2.24) is 0 Å². The van der Waals surface area contributed by atoms with Crippen molar-refractivity contribution in [2.75, 3.05) is 32.0 Å². The maximum absolute atomic E-state index is 11.6. The van der Waals surface area contributed by atoms with Crippen LogP contribution >= 0.6 is 35.3 Å². The van der Waals surface area contributed by atoms with E-state index >= 15 is 0 Å². The van der Waals surface area contributed by atoms with E-state index in [1.54, 1.807) is 30.8 Å². The molecular weight excluding hydrogens is 424 g/mol. The fourth-order valence-corrected chi connectivity index (χ4v) is 5.76. The van der Waals surface area contributed by atoms with Gasteiger partial charge < -0.3 is 13.9 Å². The Morgan fingerprint density at radius 1 is 1.21 bits per heavy atom. The molecule has 1 aromatic heterocycles. The highest BCUT2D eigenvalue weighted by Gasteiger charge is 2.37. The third kappa shape index (κ3) is 4.93. The summed E-state index contributed by atoms with van der Waals surface area (Å²) in [7, 11) is 0. The minimum atomic E-state index is -0.300. The first-order chi connectivity index (χ1) is 14.0. The van der Waals surface area contributed by atoms with Gasteiger partial charge in [-0.05, 0) is 55.9 Å². The van der Waals surface area contributed by atoms with Crippen LogP contribution in [-0.4, -0.2) is 38.0 Å². The van der Waals surface area contributed by atoms with Crippen molar-refractivity contribution in [2.45, 2.75) is 28.7 Å². The first kappa shape index (κ1) is 22.1. The molecule has 0 saturated heterocycles. The van der Waals surface area contributed by atoms with Crippen molar-refractivity contribution >= 4 is 41.3 Å². The molecule has 4 nitrogen and oxygen atoms in total. The van der Waals surface area contributed by atoms with Crippen LogP contribution in [0.15, 0.2) is 33.6 Å². The highest BCUT2D eigenvalue weighted by molar-refractivity contribution is 8.16. The Labute approximate surface area is 184 Å². The van der Waals surface area contributed by atoms with E-state index in [4.69, 9.17) is 13.9 Å². The molecule has 0 unspecified atom stereocenters. The molecule has 1 aliphatic heterocycles. The third-order valence-corrected chi connectivity index (χ3v) is 8.61. The first-order valence-corrected chi connectivity index (χ1v) is 12.9. The number of carbonyl (C=O) groups excluding carboxylic acids is 1. The predicted molar refractivity (Wildman–Crippen MR) is 122 cm³/mol. The fourth-order valence-electron chi connectivity index (χ4n) is 3.21. The summed E-state index contributed by atoms with van der Waals surface area (Å²) < 4.78 is 16.6. The fraction of sp³-hybridized carbons (Fsp3) is 0.409. The van der Waals surface area contributed by atoms with Crippen LogP contribution in [0.2, 0.25) is 0 Å². The van der Waals surface area contributed by atoms with Gasteiger partial charge >= 0.3 is 5.97 Å². The van der Waals surface area contributed by atoms with E-state index in [1.165, 1.54) is 5.56 Å². The predicted octanol–water partition coefficient (Wildman–Crippen LogP) is 5.17. The van der Waals surface area contributed by atoms with Crippen molar-refractivity contribution < 1.29 is 18.7 Å². The Morgan fingerprint density at radius 2 is 2.00 bits per heavy atom. The summed E-state index contributed by atoms with van der Waals surface area (Å²) >= 11 is 5.35. The summed E-state index contributed by atoms with van der Waals surface area (Å²) in [6.07, 6.45) is 7.41. The minimum absolute atomic E-state index is 0.0154. The molecule has 3 rings (SSSR count). The number of carbonyl (C=O) groups is 1. The molecule has 154 valence electrons. The average molecular weight is 449 g/mol.